The van der Waals surface area contributed by atoms with Crippen LogP contribution in [0.5, 0.6) is 0 Å². The zero-order valence-electron chi connectivity index (χ0n) is 16.8. The summed E-state index contributed by atoms with van der Waals surface area (Å²) in [5.74, 6) is 0.707. The highest BCUT2D eigenvalue weighted by molar-refractivity contribution is 5.93. The Bertz CT molecular complexity index is 1200. The average Bonchev–Trinajstić information content (AvgIpc) is 3.27. The monoisotopic (exact) mass is 388 g/mol. The SMILES string of the molecule is CCNc1n[nH]c2ncc(C=CC(=O)N(C)Cc3cc4ccccc4n3C)cc12. The topological polar surface area (TPSA) is 78.8 Å². The number of pyridine rings is 1. The van der Waals surface area contributed by atoms with Crippen molar-refractivity contribution in [3.8, 4) is 0 Å². The first-order valence-electron chi connectivity index (χ1n) is 9.61. The first-order valence-corrected chi connectivity index (χ1v) is 9.61. The molecular weight excluding hydrogens is 364 g/mol. The number of para-hydroxylation sites is 1. The van der Waals surface area contributed by atoms with Gasteiger partial charge in [0.05, 0.1) is 11.9 Å². The molecule has 4 aromatic rings. The molecule has 0 spiro atoms. The normalized spacial score (nSPS) is 11.6. The van der Waals surface area contributed by atoms with Gasteiger partial charge in [-0.25, -0.2) is 4.98 Å². The Hall–Kier alpha value is -3.61. The molecule has 7 nitrogen and oxygen atoms in total. The van der Waals surface area contributed by atoms with E-state index in [1.54, 1.807) is 23.2 Å². The van der Waals surface area contributed by atoms with Crippen LogP contribution in [0.4, 0.5) is 5.82 Å². The molecule has 1 aromatic carbocycles. The summed E-state index contributed by atoms with van der Waals surface area (Å²) in [5, 5.41) is 12.4. The lowest BCUT2D eigenvalue weighted by atomic mass is 10.2. The number of benzene rings is 1. The summed E-state index contributed by atoms with van der Waals surface area (Å²) in [6, 6.07) is 12.3. The van der Waals surface area contributed by atoms with Crippen molar-refractivity contribution in [3.63, 3.8) is 0 Å². The highest BCUT2D eigenvalue weighted by atomic mass is 16.2. The molecule has 1 amide bonds. The number of carbonyl (C=O) groups is 1. The van der Waals surface area contributed by atoms with Gasteiger partial charge in [-0.3, -0.25) is 9.89 Å². The number of aromatic nitrogens is 4. The second-order valence-corrected chi connectivity index (χ2v) is 7.05. The van der Waals surface area contributed by atoms with Gasteiger partial charge in [0.25, 0.3) is 0 Å². The number of rotatable bonds is 6. The van der Waals surface area contributed by atoms with E-state index in [0.29, 0.717) is 6.54 Å². The maximum atomic E-state index is 12.6. The summed E-state index contributed by atoms with van der Waals surface area (Å²) in [5.41, 5.74) is 3.82. The molecule has 4 rings (SSSR count). The standard InChI is InChI=1S/C22H24N6O/c1-4-23-21-18-11-15(13-24-22(18)26-25-21)9-10-20(29)27(2)14-17-12-16-7-5-6-8-19(16)28(17)3/h5-13H,4,14H2,1-3H3,(H2,23,24,25,26). The van der Waals surface area contributed by atoms with E-state index in [1.807, 2.05) is 39.2 Å². The van der Waals surface area contributed by atoms with Crippen LogP contribution in [0.2, 0.25) is 0 Å². The van der Waals surface area contributed by atoms with Gasteiger partial charge < -0.3 is 14.8 Å². The van der Waals surface area contributed by atoms with Crippen LogP contribution in [0.3, 0.4) is 0 Å². The first-order chi connectivity index (χ1) is 14.1. The number of aromatic amines is 1. The Morgan fingerprint density at radius 1 is 1.31 bits per heavy atom. The van der Waals surface area contributed by atoms with Crippen molar-refractivity contribution in [2.24, 2.45) is 7.05 Å². The lowest BCUT2D eigenvalue weighted by molar-refractivity contribution is -0.125. The quantitative estimate of drug-likeness (QED) is 0.495. The fraction of sp³-hybridized carbons (Fsp3) is 0.227. The Labute approximate surface area is 169 Å². The summed E-state index contributed by atoms with van der Waals surface area (Å²) in [6.07, 6.45) is 5.10. The number of nitrogens with zero attached hydrogens (tertiary/aromatic N) is 4. The molecule has 3 heterocycles. The molecule has 148 valence electrons. The molecular formula is C22H24N6O. The fourth-order valence-corrected chi connectivity index (χ4v) is 3.43. The second kappa shape index (κ2) is 7.79. The number of hydrogen-bond acceptors (Lipinski definition) is 4. The third kappa shape index (κ3) is 3.71. The van der Waals surface area contributed by atoms with Gasteiger partial charge in [-0.2, -0.15) is 5.10 Å². The lowest BCUT2D eigenvalue weighted by Gasteiger charge is -2.15. The molecule has 3 aromatic heterocycles. The molecule has 0 radical (unpaired) electrons. The van der Waals surface area contributed by atoms with Crippen LogP contribution >= 0.6 is 0 Å². The first kappa shape index (κ1) is 18.7. The highest BCUT2D eigenvalue weighted by Crippen LogP contribution is 2.21. The number of likely N-dealkylation sites (N-methyl/N-ethyl adjacent to an activating group) is 1. The van der Waals surface area contributed by atoms with E-state index in [-0.39, 0.29) is 5.91 Å². The number of carbonyl (C=O) groups excluding carboxylic acids is 1. The van der Waals surface area contributed by atoms with Crippen molar-refractivity contribution in [2.45, 2.75) is 13.5 Å². The maximum Gasteiger partial charge on any atom is 0.246 e. The summed E-state index contributed by atoms with van der Waals surface area (Å²) in [6.45, 7) is 3.33. The van der Waals surface area contributed by atoms with Crippen molar-refractivity contribution in [1.82, 2.24) is 24.6 Å². The molecule has 0 aliphatic heterocycles. The van der Waals surface area contributed by atoms with Gasteiger partial charge in [0.2, 0.25) is 5.91 Å². The Balaban J connectivity index is 1.49. The van der Waals surface area contributed by atoms with Crippen LogP contribution in [-0.4, -0.2) is 44.1 Å². The summed E-state index contributed by atoms with van der Waals surface area (Å²) >= 11 is 0. The van der Waals surface area contributed by atoms with E-state index >= 15 is 0 Å². The van der Waals surface area contributed by atoms with Crippen LogP contribution in [0, 0.1) is 0 Å². The summed E-state index contributed by atoms with van der Waals surface area (Å²) < 4.78 is 2.13. The highest BCUT2D eigenvalue weighted by Gasteiger charge is 2.11. The average molecular weight is 388 g/mol. The maximum absolute atomic E-state index is 12.6. The van der Waals surface area contributed by atoms with Gasteiger partial charge in [0.1, 0.15) is 0 Å². The molecule has 0 aliphatic rings. The predicted octanol–water partition coefficient (Wildman–Crippen LogP) is 3.55. The number of aryl methyl sites for hydroxylation is 1. The Morgan fingerprint density at radius 3 is 2.93 bits per heavy atom. The van der Waals surface area contributed by atoms with Crippen molar-refractivity contribution in [1.29, 1.82) is 0 Å². The van der Waals surface area contributed by atoms with Crippen LogP contribution in [0.15, 0.2) is 48.7 Å². The smallest absolute Gasteiger partial charge is 0.246 e. The zero-order valence-corrected chi connectivity index (χ0v) is 16.8. The van der Waals surface area contributed by atoms with Gasteiger partial charge in [0.15, 0.2) is 11.5 Å². The van der Waals surface area contributed by atoms with Crippen molar-refractivity contribution < 1.29 is 4.79 Å². The van der Waals surface area contributed by atoms with Crippen molar-refractivity contribution in [2.75, 3.05) is 18.9 Å². The number of amides is 1. The fourth-order valence-electron chi connectivity index (χ4n) is 3.43. The van der Waals surface area contributed by atoms with Gasteiger partial charge in [-0.1, -0.05) is 18.2 Å². The van der Waals surface area contributed by atoms with Gasteiger partial charge in [-0.15, -0.1) is 0 Å². The summed E-state index contributed by atoms with van der Waals surface area (Å²) in [4.78, 5) is 18.7. The van der Waals surface area contributed by atoms with E-state index in [2.05, 4.69) is 43.3 Å². The molecule has 7 heteroatoms. The van der Waals surface area contributed by atoms with Gasteiger partial charge >= 0.3 is 0 Å². The molecule has 0 saturated carbocycles. The third-order valence-electron chi connectivity index (χ3n) is 5.03. The second-order valence-electron chi connectivity index (χ2n) is 7.05. The summed E-state index contributed by atoms with van der Waals surface area (Å²) in [7, 11) is 3.84. The molecule has 0 saturated heterocycles. The lowest BCUT2D eigenvalue weighted by Crippen LogP contribution is -2.25. The Morgan fingerprint density at radius 2 is 2.14 bits per heavy atom. The van der Waals surface area contributed by atoms with Crippen LogP contribution in [0.1, 0.15) is 18.2 Å². The Kier molecular flexibility index (Phi) is 5.03. The van der Waals surface area contributed by atoms with Gasteiger partial charge in [0, 0.05) is 44.1 Å². The number of hydrogen-bond donors (Lipinski definition) is 2. The largest absolute Gasteiger partial charge is 0.368 e. The molecule has 0 aliphatic carbocycles. The van der Waals surface area contributed by atoms with E-state index in [4.69, 9.17) is 0 Å². The number of H-pyrrole nitrogens is 1. The number of fused-ring (bicyclic) bond motifs is 2. The van der Waals surface area contributed by atoms with Crippen LogP contribution < -0.4 is 5.32 Å². The van der Waals surface area contributed by atoms with E-state index in [9.17, 15) is 4.79 Å². The molecule has 0 unspecified atom stereocenters. The predicted molar refractivity (Wildman–Crippen MR) is 116 cm³/mol. The van der Waals surface area contributed by atoms with Crippen LogP contribution in [0.25, 0.3) is 28.0 Å². The molecule has 2 N–H and O–H groups in total. The van der Waals surface area contributed by atoms with Crippen molar-refractivity contribution in [3.05, 3.63) is 59.9 Å². The molecule has 29 heavy (non-hydrogen) atoms. The van der Waals surface area contributed by atoms with E-state index in [0.717, 1.165) is 40.2 Å². The molecule has 0 bridgehead atoms. The van der Waals surface area contributed by atoms with Crippen molar-refractivity contribution >= 4 is 39.7 Å². The molecule has 0 atom stereocenters. The zero-order chi connectivity index (χ0) is 20.4. The minimum Gasteiger partial charge on any atom is -0.368 e. The number of nitrogens with one attached hydrogen (secondary N) is 2. The van der Waals surface area contributed by atoms with Gasteiger partial charge in [-0.05, 0) is 42.1 Å². The third-order valence-corrected chi connectivity index (χ3v) is 5.03. The number of anilines is 1. The van der Waals surface area contributed by atoms with Crippen LogP contribution in [-0.2, 0) is 18.4 Å². The molecule has 0 fully saturated rings. The van der Waals surface area contributed by atoms with E-state index in [1.165, 1.54) is 5.39 Å². The minimum atomic E-state index is -0.0607. The van der Waals surface area contributed by atoms with E-state index < -0.39 is 0 Å². The minimum absolute atomic E-state index is 0.0607.